The highest BCUT2D eigenvalue weighted by molar-refractivity contribution is 6.22. The fraction of sp³-hybridized carbons (Fsp3) is 0. The molecule has 0 saturated heterocycles. The second-order valence-electron chi connectivity index (χ2n) is 5.12. The van der Waals surface area contributed by atoms with Gasteiger partial charge in [-0.3, -0.25) is 4.98 Å². The standard InChI is InChI=1S/C17H10N4/c1-2-6-13-10(4-1)8-12-14(21-13)11-5-3-7-18-15(11)17-16(12)19-9-20-17/h1-9,21H. The predicted molar refractivity (Wildman–Crippen MR) is 84.2 cm³/mol. The van der Waals surface area contributed by atoms with E-state index in [1.54, 1.807) is 12.5 Å². The molecule has 1 N–H and O–H groups in total. The van der Waals surface area contributed by atoms with Gasteiger partial charge in [0.2, 0.25) is 0 Å². The van der Waals surface area contributed by atoms with Crippen LogP contribution in [-0.4, -0.2) is 19.9 Å². The van der Waals surface area contributed by atoms with Crippen molar-refractivity contribution in [1.82, 2.24) is 19.9 Å². The first-order chi connectivity index (χ1) is 10.4. The van der Waals surface area contributed by atoms with E-state index in [9.17, 15) is 0 Å². The number of nitrogens with zero attached hydrogens (tertiary/aromatic N) is 3. The van der Waals surface area contributed by atoms with Crippen molar-refractivity contribution in [1.29, 1.82) is 0 Å². The molecule has 3 heterocycles. The molecule has 0 fully saturated rings. The average molecular weight is 270 g/mol. The quantitative estimate of drug-likeness (QED) is 0.344. The number of H-pyrrole nitrogens is 1. The Morgan fingerprint density at radius 3 is 2.62 bits per heavy atom. The van der Waals surface area contributed by atoms with E-state index >= 15 is 0 Å². The second-order valence-corrected chi connectivity index (χ2v) is 5.12. The van der Waals surface area contributed by atoms with Crippen LogP contribution in [0.1, 0.15) is 0 Å². The number of pyridine rings is 2. The molecule has 21 heavy (non-hydrogen) atoms. The van der Waals surface area contributed by atoms with E-state index in [2.05, 4.69) is 44.2 Å². The lowest BCUT2D eigenvalue weighted by Crippen LogP contribution is -1.88. The van der Waals surface area contributed by atoms with Crippen molar-refractivity contribution in [2.75, 3.05) is 0 Å². The minimum atomic E-state index is 0.863. The van der Waals surface area contributed by atoms with E-state index in [1.165, 1.54) is 0 Å². The first kappa shape index (κ1) is 10.7. The highest BCUT2D eigenvalue weighted by atomic mass is 14.9. The Kier molecular flexibility index (Phi) is 1.92. The molecule has 0 saturated carbocycles. The van der Waals surface area contributed by atoms with Gasteiger partial charge < -0.3 is 4.98 Å². The first-order valence-corrected chi connectivity index (χ1v) is 6.81. The summed E-state index contributed by atoms with van der Waals surface area (Å²) in [4.78, 5) is 16.8. The van der Waals surface area contributed by atoms with Crippen LogP contribution >= 0.6 is 0 Å². The fourth-order valence-corrected chi connectivity index (χ4v) is 3.00. The van der Waals surface area contributed by atoms with Crippen molar-refractivity contribution in [3.63, 3.8) is 0 Å². The lowest BCUT2D eigenvalue weighted by Gasteiger charge is -2.07. The Bertz CT molecular complexity index is 1140. The van der Waals surface area contributed by atoms with Crippen molar-refractivity contribution >= 4 is 43.7 Å². The third kappa shape index (κ3) is 1.36. The van der Waals surface area contributed by atoms with E-state index in [-0.39, 0.29) is 0 Å². The number of aromatic amines is 1. The molecule has 0 spiro atoms. The van der Waals surface area contributed by atoms with E-state index < -0.39 is 0 Å². The van der Waals surface area contributed by atoms with Crippen LogP contribution in [0.4, 0.5) is 0 Å². The van der Waals surface area contributed by atoms with E-state index in [0.717, 1.165) is 43.7 Å². The number of fused-ring (bicyclic) bond motifs is 7. The van der Waals surface area contributed by atoms with Crippen LogP contribution in [0.2, 0.25) is 0 Å². The van der Waals surface area contributed by atoms with Gasteiger partial charge in [-0.2, -0.15) is 0 Å². The lowest BCUT2D eigenvalue weighted by atomic mass is 10.1. The Morgan fingerprint density at radius 2 is 1.62 bits per heavy atom. The largest absolute Gasteiger partial charge is 0.354 e. The van der Waals surface area contributed by atoms with Gasteiger partial charge in [-0.1, -0.05) is 18.2 Å². The smallest absolute Gasteiger partial charge is 0.118 e. The van der Waals surface area contributed by atoms with Gasteiger partial charge in [-0.05, 0) is 29.7 Å². The van der Waals surface area contributed by atoms with Crippen LogP contribution in [-0.2, 0) is 0 Å². The number of hydrogen-bond acceptors (Lipinski definition) is 3. The molecule has 0 atom stereocenters. The molecule has 3 aromatic heterocycles. The molecule has 4 heteroatoms. The maximum absolute atomic E-state index is 4.49. The Morgan fingerprint density at radius 1 is 0.762 bits per heavy atom. The van der Waals surface area contributed by atoms with Gasteiger partial charge in [0.1, 0.15) is 22.9 Å². The molecule has 5 aromatic rings. The zero-order chi connectivity index (χ0) is 13.8. The van der Waals surface area contributed by atoms with Gasteiger partial charge in [-0.15, -0.1) is 0 Å². The highest BCUT2D eigenvalue weighted by Crippen LogP contribution is 2.32. The number of benzene rings is 2. The zero-order valence-electron chi connectivity index (χ0n) is 11.0. The average Bonchev–Trinajstić information content (AvgIpc) is 3.03. The molecule has 5 rings (SSSR count). The maximum atomic E-state index is 4.49. The summed E-state index contributed by atoms with van der Waals surface area (Å²) in [5, 5.41) is 3.32. The molecule has 0 aliphatic carbocycles. The summed E-state index contributed by atoms with van der Waals surface area (Å²) in [6.45, 7) is 0. The summed E-state index contributed by atoms with van der Waals surface area (Å²) in [7, 11) is 0. The topological polar surface area (TPSA) is 54.5 Å². The zero-order valence-corrected chi connectivity index (χ0v) is 11.0. The summed E-state index contributed by atoms with van der Waals surface area (Å²) >= 11 is 0. The van der Waals surface area contributed by atoms with Gasteiger partial charge in [0, 0.05) is 22.5 Å². The lowest BCUT2D eigenvalue weighted by molar-refractivity contribution is 1.34. The Labute approximate surface area is 119 Å². The molecule has 0 aliphatic rings. The molecule has 0 bridgehead atoms. The van der Waals surface area contributed by atoms with E-state index in [1.807, 2.05) is 18.2 Å². The minimum absolute atomic E-state index is 0.863. The van der Waals surface area contributed by atoms with Crippen molar-refractivity contribution in [2.45, 2.75) is 0 Å². The SMILES string of the molecule is c1ccc2[nH]c3c4cccnc4c4ncnc4c3cc2c1. The number of para-hydroxylation sites is 1. The van der Waals surface area contributed by atoms with Crippen molar-refractivity contribution < 1.29 is 0 Å². The molecule has 4 nitrogen and oxygen atoms in total. The maximum Gasteiger partial charge on any atom is 0.118 e. The van der Waals surface area contributed by atoms with Crippen LogP contribution < -0.4 is 0 Å². The normalized spacial score (nSPS) is 11.8. The first-order valence-electron chi connectivity index (χ1n) is 6.81. The van der Waals surface area contributed by atoms with Crippen molar-refractivity contribution in [3.8, 4) is 0 Å². The van der Waals surface area contributed by atoms with Crippen LogP contribution in [0, 0.1) is 0 Å². The highest BCUT2D eigenvalue weighted by Gasteiger charge is 2.12. The molecular weight excluding hydrogens is 260 g/mol. The molecule has 0 aliphatic heterocycles. The summed E-state index contributed by atoms with van der Waals surface area (Å²) in [5.41, 5.74) is 4.82. The molecule has 0 unspecified atom stereocenters. The number of hydrogen-bond donors (Lipinski definition) is 1. The number of rotatable bonds is 0. The Hall–Kier alpha value is -3.01. The van der Waals surface area contributed by atoms with Gasteiger partial charge in [0.05, 0.1) is 5.52 Å². The molecule has 2 aromatic carbocycles. The number of nitrogens with one attached hydrogen (secondary N) is 1. The van der Waals surface area contributed by atoms with Gasteiger partial charge >= 0.3 is 0 Å². The third-order valence-corrected chi connectivity index (χ3v) is 3.94. The predicted octanol–water partition coefficient (Wildman–Crippen LogP) is 3.81. The molecule has 0 amide bonds. The summed E-state index contributed by atoms with van der Waals surface area (Å²) in [6, 6.07) is 14.4. The second kappa shape index (κ2) is 3.76. The summed E-state index contributed by atoms with van der Waals surface area (Å²) in [6.07, 6.45) is 3.40. The number of aromatic nitrogens is 4. The van der Waals surface area contributed by atoms with Crippen molar-refractivity contribution in [3.05, 3.63) is 55.0 Å². The van der Waals surface area contributed by atoms with Crippen LogP contribution in [0.25, 0.3) is 43.7 Å². The van der Waals surface area contributed by atoms with E-state index in [0.29, 0.717) is 0 Å². The monoisotopic (exact) mass is 270 g/mol. The van der Waals surface area contributed by atoms with E-state index in [4.69, 9.17) is 0 Å². The Balaban J connectivity index is 2.18. The van der Waals surface area contributed by atoms with Crippen LogP contribution in [0.5, 0.6) is 0 Å². The third-order valence-electron chi connectivity index (χ3n) is 3.94. The van der Waals surface area contributed by atoms with Gasteiger partial charge in [0.15, 0.2) is 0 Å². The molecular formula is C17H10N4. The van der Waals surface area contributed by atoms with Gasteiger partial charge in [0.25, 0.3) is 0 Å². The fourth-order valence-electron chi connectivity index (χ4n) is 3.00. The summed E-state index contributed by atoms with van der Waals surface area (Å²) in [5.74, 6) is 0. The van der Waals surface area contributed by atoms with Crippen LogP contribution in [0.3, 0.4) is 0 Å². The minimum Gasteiger partial charge on any atom is -0.354 e. The number of imidazole rings is 1. The summed E-state index contributed by atoms with van der Waals surface area (Å²) < 4.78 is 0. The van der Waals surface area contributed by atoms with Crippen LogP contribution in [0.15, 0.2) is 55.0 Å². The molecule has 0 radical (unpaired) electrons. The van der Waals surface area contributed by atoms with Gasteiger partial charge in [-0.25, -0.2) is 9.97 Å². The van der Waals surface area contributed by atoms with Crippen molar-refractivity contribution in [2.24, 2.45) is 0 Å². The molecule has 98 valence electrons.